The number of halogens is 1. The normalized spacial score (nSPS) is 26.5. The molecular weight excluding hydrogens is 271 g/mol. The average molecular weight is 292 g/mol. The van der Waals surface area contributed by atoms with E-state index in [-0.39, 0.29) is 23.3 Å². The lowest BCUT2D eigenvalue weighted by Crippen LogP contribution is -2.60. The monoisotopic (exact) mass is 292 g/mol. The van der Waals surface area contributed by atoms with Crippen LogP contribution >= 0.6 is 0 Å². The second kappa shape index (κ2) is 5.60. The minimum absolute atomic E-state index is 0.0969. The summed E-state index contributed by atoms with van der Waals surface area (Å²) in [4.78, 5) is 20.7. The van der Waals surface area contributed by atoms with Gasteiger partial charge in [-0.1, -0.05) is 6.42 Å². The molecule has 2 saturated heterocycles. The highest BCUT2D eigenvalue weighted by Crippen LogP contribution is 2.26. The number of hydrogen-bond acceptors (Lipinski definition) is 4. The van der Waals surface area contributed by atoms with Crippen LogP contribution in [-0.4, -0.2) is 52.4 Å². The number of nitrogen functional groups attached to an aromatic ring is 1. The molecule has 0 aromatic carbocycles. The number of piperidine rings is 1. The number of amides is 1. The number of pyridine rings is 1. The van der Waals surface area contributed by atoms with E-state index in [0.29, 0.717) is 12.6 Å². The van der Waals surface area contributed by atoms with Crippen molar-refractivity contribution in [2.45, 2.75) is 38.3 Å². The van der Waals surface area contributed by atoms with E-state index < -0.39 is 5.82 Å². The topological polar surface area (TPSA) is 62.5 Å². The van der Waals surface area contributed by atoms with Crippen LogP contribution in [0, 0.1) is 5.82 Å². The van der Waals surface area contributed by atoms with Gasteiger partial charge in [0, 0.05) is 25.2 Å². The fourth-order valence-electron chi connectivity index (χ4n) is 3.41. The van der Waals surface area contributed by atoms with Crippen molar-refractivity contribution in [1.82, 2.24) is 14.8 Å². The predicted octanol–water partition coefficient (Wildman–Crippen LogP) is 1.50. The molecule has 2 aliphatic heterocycles. The van der Waals surface area contributed by atoms with E-state index in [0.717, 1.165) is 25.7 Å². The van der Waals surface area contributed by atoms with Gasteiger partial charge in [-0.3, -0.25) is 9.69 Å². The minimum Gasteiger partial charge on any atom is -0.383 e. The van der Waals surface area contributed by atoms with Crippen LogP contribution in [0.2, 0.25) is 0 Å². The lowest BCUT2D eigenvalue weighted by molar-refractivity contribution is 0.0152. The number of carbonyl (C=O) groups is 1. The molecule has 0 saturated carbocycles. The van der Waals surface area contributed by atoms with Gasteiger partial charge >= 0.3 is 0 Å². The zero-order chi connectivity index (χ0) is 15.0. The molecule has 114 valence electrons. The number of anilines is 1. The first-order valence-corrected chi connectivity index (χ1v) is 7.52. The Kier molecular flexibility index (Phi) is 3.80. The van der Waals surface area contributed by atoms with Crippen molar-refractivity contribution in [1.29, 1.82) is 0 Å². The van der Waals surface area contributed by atoms with Crippen LogP contribution in [0.25, 0.3) is 0 Å². The van der Waals surface area contributed by atoms with E-state index in [1.165, 1.54) is 18.9 Å². The zero-order valence-corrected chi connectivity index (χ0v) is 12.3. The van der Waals surface area contributed by atoms with Crippen molar-refractivity contribution in [3.63, 3.8) is 0 Å². The predicted molar refractivity (Wildman–Crippen MR) is 78.3 cm³/mol. The minimum atomic E-state index is -0.531. The third kappa shape index (κ3) is 2.72. The van der Waals surface area contributed by atoms with E-state index in [4.69, 9.17) is 5.73 Å². The Balaban J connectivity index is 1.82. The molecule has 1 aromatic rings. The molecule has 2 aliphatic rings. The molecule has 2 atom stereocenters. The third-order valence-electron chi connectivity index (χ3n) is 4.56. The van der Waals surface area contributed by atoms with Crippen LogP contribution in [0.15, 0.2) is 12.3 Å². The maximum Gasteiger partial charge on any atom is 0.258 e. The van der Waals surface area contributed by atoms with Crippen LogP contribution in [0.3, 0.4) is 0 Å². The van der Waals surface area contributed by atoms with E-state index in [2.05, 4.69) is 9.88 Å². The lowest BCUT2D eigenvalue weighted by atomic mass is 9.96. The van der Waals surface area contributed by atoms with Gasteiger partial charge in [0.25, 0.3) is 5.91 Å². The van der Waals surface area contributed by atoms with Crippen molar-refractivity contribution in [3.05, 3.63) is 23.6 Å². The zero-order valence-electron chi connectivity index (χ0n) is 12.3. The Morgan fingerprint density at radius 1 is 1.43 bits per heavy atom. The molecule has 1 amide bonds. The van der Waals surface area contributed by atoms with Gasteiger partial charge in [0.1, 0.15) is 11.6 Å². The van der Waals surface area contributed by atoms with Gasteiger partial charge in [0.15, 0.2) is 0 Å². The molecule has 2 N–H and O–H groups in total. The Bertz CT molecular complexity index is 550. The first kappa shape index (κ1) is 14.3. The highest BCUT2D eigenvalue weighted by atomic mass is 19.1. The molecule has 0 radical (unpaired) electrons. The molecule has 6 heteroatoms. The van der Waals surface area contributed by atoms with Crippen molar-refractivity contribution < 1.29 is 9.18 Å². The summed E-state index contributed by atoms with van der Waals surface area (Å²) in [6.45, 7) is 4.71. The highest BCUT2D eigenvalue weighted by Gasteiger charge is 2.36. The Labute approximate surface area is 123 Å². The van der Waals surface area contributed by atoms with Gasteiger partial charge in [0.2, 0.25) is 0 Å². The number of rotatable bonds is 1. The van der Waals surface area contributed by atoms with Crippen molar-refractivity contribution >= 4 is 11.7 Å². The molecule has 0 bridgehead atoms. The van der Waals surface area contributed by atoms with Crippen LogP contribution in [0.4, 0.5) is 10.2 Å². The number of hydrogen-bond donors (Lipinski definition) is 1. The summed E-state index contributed by atoms with van der Waals surface area (Å²) in [5.41, 5.74) is 5.91. The summed E-state index contributed by atoms with van der Waals surface area (Å²) >= 11 is 0. The second-order valence-electron chi connectivity index (χ2n) is 6.04. The summed E-state index contributed by atoms with van der Waals surface area (Å²) in [5.74, 6) is -0.645. The molecule has 2 fully saturated rings. The Morgan fingerprint density at radius 3 is 3.05 bits per heavy atom. The van der Waals surface area contributed by atoms with Crippen molar-refractivity contribution in [2.75, 3.05) is 25.4 Å². The molecule has 0 aliphatic carbocycles. The van der Waals surface area contributed by atoms with Crippen LogP contribution in [-0.2, 0) is 0 Å². The van der Waals surface area contributed by atoms with Crippen molar-refractivity contribution in [2.24, 2.45) is 0 Å². The molecule has 5 nitrogen and oxygen atoms in total. The van der Waals surface area contributed by atoms with Crippen LogP contribution in [0.1, 0.15) is 36.5 Å². The Hall–Kier alpha value is -1.69. The van der Waals surface area contributed by atoms with Crippen LogP contribution < -0.4 is 5.73 Å². The van der Waals surface area contributed by atoms with Gasteiger partial charge in [-0.15, -0.1) is 0 Å². The van der Waals surface area contributed by atoms with Crippen LogP contribution in [0.5, 0.6) is 0 Å². The molecule has 3 rings (SSSR count). The number of nitrogens with two attached hydrogens (primary N) is 1. The molecular formula is C15H21FN4O. The lowest BCUT2D eigenvalue weighted by Gasteiger charge is -2.47. The van der Waals surface area contributed by atoms with E-state index in [9.17, 15) is 9.18 Å². The van der Waals surface area contributed by atoms with E-state index >= 15 is 0 Å². The van der Waals surface area contributed by atoms with Gasteiger partial charge in [-0.25, -0.2) is 9.37 Å². The smallest absolute Gasteiger partial charge is 0.258 e. The van der Waals surface area contributed by atoms with Gasteiger partial charge < -0.3 is 10.6 Å². The summed E-state index contributed by atoms with van der Waals surface area (Å²) in [6, 6.07) is 1.71. The largest absolute Gasteiger partial charge is 0.383 e. The fourth-order valence-corrected chi connectivity index (χ4v) is 3.41. The molecule has 0 spiro atoms. The summed E-state index contributed by atoms with van der Waals surface area (Å²) in [6.07, 6.45) is 4.60. The van der Waals surface area contributed by atoms with E-state index in [1.807, 2.05) is 11.8 Å². The summed E-state index contributed by atoms with van der Waals surface area (Å²) in [5, 5.41) is 0. The second-order valence-corrected chi connectivity index (χ2v) is 6.04. The summed E-state index contributed by atoms with van der Waals surface area (Å²) in [7, 11) is 0. The highest BCUT2D eigenvalue weighted by molar-refractivity contribution is 5.98. The molecule has 21 heavy (non-hydrogen) atoms. The van der Waals surface area contributed by atoms with Gasteiger partial charge in [-0.2, -0.15) is 0 Å². The standard InChI is InChI=1S/C15H21FN4O/c1-10-8-19-5-3-2-4-12(19)9-20(10)15(21)13-6-11(16)7-18-14(13)17/h6-7,10,12H,2-5,8-9H2,1H3,(H2,17,18). The first-order chi connectivity index (χ1) is 10.1. The third-order valence-corrected chi connectivity index (χ3v) is 4.56. The first-order valence-electron chi connectivity index (χ1n) is 7.52. The average Bonchev–Trinajstić information content (AvgIpc) is 2.48. The Morgan fingerprint density at radius 2 is 2.24 bits per heavy atom. The number of fused-ring (bicyclic) bond motifs is 1. The fraction of sp³-hybridized carbons (Fsp3) is 0.600. The number of carbonyl (C=O) groups excluding carboxylic acids is 1. The summed E-state index contributed by atoms with van der Waals surface area (Å²) < 4.78 is 13.3. The quantitative estimate of drug-likeness (QED) is 0.852. The number of aromatic nitrogens is 1. The van der Waals surface area contributed by atoms with E-state index in [1.54, 1.807) is 0 Å². The maximum absolute atomic E-state index is 13.3. The number of piperazine rings is 1. The SMILES string of the molecule is CC1CN2CCCCC2CN1C(=O)c1cc(F)cnc1N. The maximum atomic E-state index is 13.3. The molecule has 2 unspecified atom stereocenters. The van der Waals surface area contributed by atoms with Crippen molar-refractivity contribution in [3.8, 4) is 0 Å². The van der Waals surface area contributed by atoms with Gasteiger partial charge in [-0.05, 0) is 32.4 Å². The van der Waals surface area contributed by atoms with Gasteiger partial charge in [0.05, 0.1) is 11.8 Å². The number of nitrogens with zero attached hydrogens (tertiary/aromatic N) is 3. The molecule has 3 heterocycles. The molecule has 1 aromatic heterocycles.